The summed E-state index contributed by atoms with van der Waals surface area (Å²) in [5, 5.41) is 9.74. The van der Waals surface area contributed by atoms with Gasteiger partial charge in [-0.25, -0.2) is 0 Å². The number of ether oxygens (including phenoxy) is 2. The van der Waals surface area contributed by atoms with E-state index in [2.05, 4.69) is 15.9 Å². The normalized spacial score (nSPS) is 17.6. The molecule has 1 saturated carbocycles. The maximum atomic E-state index is 11.9. The third-order valence-electron chi connectivity index (χ3n) is 4.10. The number of carbonyl (C=O) groups is 1. The van der Waals surface area contributed by atoms with E-state index in [0.29, 0.717) is 24.3 Å². The standard InChI is InChI=1S/C15H19BrO4/c1-19-12-9-10(8-11(16)13(12)20-2)15(14(17)18)6-4-3-5-7-15/h8-9H,3-7H2,1-2H3,(H,17,18). The van der Waals surface area contributed by atoms with E-state index in [1.54, 1.807) is 20.3 Å². The van der Waals surface area contributed by atoms with Crippen LogP contribution < -0.4 is 9.47 Å². The van der Waals surface area contributed by atoms with E-state index in [0.717, 1.165) is 29.3 Å². The first-order chi connectivity index (χ1) is 9.55. The summed E-state index contributed by atoms with van der Waals surface area (Å²) in [5.41, 5.74) is -0.0189. The molecular weight excluding hydrogens is 324 g/mol. The number of hydrogen-bond donors (Lipinski definition) is 1. The third-order valence-corrected chi connectivity index (χ3v) is 4.69. The largest absolute Gasteiger partial charge is 0.493 e. The summed E-state index contributed by atoms with van der Waals surface area (Å²) in [7, 11) is 3.12. The minimum atomic E-state index is -0.805. The van der Waals surface area contributed by atoms with E-state index in [4.69, 9.17) is 9.47 Å². The average Bonchev–Trinajstić information content (AvgIpc) is 2.46. The summed E-state index contributed by atoms with van der Waals surface area (Å²) in [6.07, 6.45) is 4.33. The molecule has 110 valence electrons. The fourth-order valence-electron chi connectivity index (χ4n) is 2.98. The van der Waals surface area contributed by atoms with E-state index in [1.165, 1.54) is 0 Å². The molecule has 1 aliphatic rings. The first kappa shape index (κ1) is 15.2. The summed E-state index contributed by atoms with van der Waals surface area (Å²) in [6.45, 7) is 0. The Bertz CT molecular complexity index is 507. The molecule has 0 radical (unpaired) electrons. The molecule has 4 nitrogen and oxygen atoms in total. The maximum absolute atomic E-state index is 11.9. The average molecular weight is 343 g/mol. The second-order valence-corrected chi connectivity index (χ2v) is 6.00. The van der Waals surface area contributed by atoms with Crippen molar-refractivity contribution in [2.45, 2.75) is 37.5 Å². The summed E-state index contributed by atoms with van der Waals surface area (Å²) in [5.74, 6) is 0.395. The van der Waals surface area contributed by atoms with Crippen LogP contribution in [0.3, 0.4) is 0 Å². The Kier molecular flexibility index (Phi) is 4.58. The van der Waals surface area contributed by atoms with Gasteiger partial charge in [-0.2, -0.15) is 0 Å². The zero-order valence-corrected chi connectivity index (χ0v) is 13.3. The highest BCUT2D eigenvalue weighted by molar-refractivity contribution is 9.10. The van der Waals surface area contributed by atoms with Gasteiger partial charge in [0, 0.05) is 0 Å². The van der Waals surface area contributed by atoms with Gasteiger partial charge in [0.25, 0.3) is 0 Å². The van der Waals surface area contributed by atoms with Crippen LogP contribution in [0.15, 0.2) is 16.6 Å². The van der Waals surface area contributed by atoms with Crippen LogP contribution in [0.2, 0.25) is 0 Å². The number of methoxy groups -OCH3 is 2. The van der Waals surface area contributed by atoms with Crippen molar-refractivity contribution < 1.29 is 19.4 Å². The lowest BCUT2D eigenvalue weighted by molar-refractivity contribution is -0.145. The lowest BCUT2D eigenvalue weighted by atomic mass is 9.69. The van der Waals surface area contributed by atoms with Crippen LogP contribution in [0.25, 0.3) is 0 Å². The number of aliphatic carboxylic acids is 1. The number of rotatable bonds is 4. The van der Waals surface area contributed by atoms with Gasteiger partial charge in [0.15, 0.2) is 11.5 Å². The molecule has 20 heavy (non-hydrogen) atoms. The molecule has 0 spiro atoms. The van der Waals surface area contributed by atoms with Gasteiger partial charge < -0.3 is 14.6 Å². The van der Waals surface area contributed by atoms with E-state index in [-0.39, 0.29) is 0 Å². The Hall–Kier alpha value is -1.23. The highest BCUT2D eigenvalue weighted by Crippen LogP contribution is 2.45. The van der Waals surface area contributed by atoms with Crippen molar-refractivity contribution in [1.82, 2.24) is 0 Å². The molecule has 0 amide bonds. The van der Waals surface area contributed by atoms with Crippen molar-refractivity contribution in [1.29, 1.82) is 0 Å². The highest BCUT2D eigenvalue weighted by atomic mass is 79.9. The molecule has 0 aliphatic heterocycles. The molecule has 0 heterocycles. The molecule has 0 aromatic heterocycles. The van der Waals surface area contributed by atoms with E-state index in [9.17, 15) is 9.90 Å². The van der Waals surface area contributed by atoms with Gasteiger partial charge >= 0.3 is 5.97 Å². The first-order valence-electron chi connectivity index (χ1n) is 6.70. The second kappa shape index (κ2) is 6.04. The van der Waals surface area contributed by atoms with Crippen LogP contribution in [-0.2, 0) is 10.2 Å². The maximum Gasteiger partial charge on any atom is 0.314 e. The summed E-state index contributed by atoms with van der Waals surface area (Å²) in [4.78, 5) is 11.9. The molecule has 1 aromatic rings. The molecule has 2 rings (SSSR count). The van der Waals surface area contributed by atoms with Crippen LogP contribution in [0.5, 0.6) is 11.5 Å². The molecule has 0 atom stereocenters. The van der Waals surface area contributed by atoms with Gasteiger partial charge in [0.1, 0.15) is 0 Å². The smallest absolute Gasteiger partial charge is 0.314 e. The topological polar surface area (TPSA) is 55.8 Å². The SMILES string of the molecule is COc1cc(C2(C(=O)O)CCCCC2)cc(Br)c1OC. The van der Waals surface area contributed by atoms with Crippen LogP contribution in [0.1, 0.15) is 37.7 Å². The summed E-state index contributed by atoms with van der Waals surface area (Å²) >= 11 is 3.44. The second-order valence-electron chi connectivity index (χ2n) is 5.14. The predicted molar refractivity (Wildman–Crippen MR) is 79.6 cm³/mol. The Balaban J connectivity index is 2.54. The Labute approximate surface area is 127 Å². The first-order valence-corrected chi connectivity index (χ1v) is 7.50. The van der Waals surface area contributed by atoms with Crippen LogP contribution in [-0.4, -0.2) is 25.3 Å². The molecule has 1 aliphatic carbocycles. The zero-order chi connectivity index (χ0) is 14.8. The van der Waals surface area contributed by atoms with Gasteiger partial charge in [-0.3, -0.25) is 4.79 Å². The lowest BCUT2D eigenvalue weighted by Crippen LogP contribution is -2.37. The van der Waals surface area contributed by atoms with Gasteiger partial charge in [-0.1, -0.05) is 19.3 Å². The monoisotopic (exact) mass is 342 g/mol. The number of benzene rings is 1. The lowest BCUT2D eigenvalue weighted by Gasteiger charge is -2.34. The van der Waals surface area contributed by atoms with Crippen LogP contribution in [0, 0.1) is 0 Å². The van der Waals surface area contributed by atoms with Crippen molar-refractivity contribution in [3.05, 3.63) is 22.2 Å². The molecule has 0 saturated heterocycles. The Morgan fingerprint density at radius 2 is 1.85 bits per heavy atom. The van der Waals surface area contributed by atoms with Crippen molar-refractivity contribution >= 4 is 21.9 Å². The van der Waals surface area contributed by atoms with Crippen molar-refractivity contribution in [3.63, 3.8) is 0 Å². The Morgan fingerprint density at radius 1 is 1.20 bits per heavy atom. The molecule has 1 N–H and O–H groups in total. The van der Waals surface area contributed by atoms with Crippen molar-refractivity contribution in [2.24, 2.45) is 0 Å². The molecule has 0 bridgehead atoms. The van der Waals surface area contributed by atoms with Gasteiger partial charge in [0.05, 0.1) is 24.1 Å². The van der Waals surface area contributed by atoms with Gasteiger partial charge in [0.2, 0.25) is 0 Å². The number of carboxylic acids is 1. The van der Waals surface area contributed by atoms with Gasteiger partial charge in [-0.05, 0) is 46.5 Å². The predicted octanol–water partition coefficient (Wildman–Crippen LogP) is 3.75. The molecular formula is C15H19BrO4. The summed E-state index contributed by atoms with van der Waals surface area (Å²) in [6, 6.07) is 3.64. The number of hydrogen-bond acceptors (Lipinski definition) is 3. The zero-order valence-electron chi connectivity index (χ0n) is 11.7. The highest BCUT2D eigenvalue weighted by Gasteiger charge is 2.42. The van der Waals surface area contributed by atoms with E-state index < -0.39 is 11.4 Å². The molecule has 0 unspecified atom stereocenters. The molecule has 1 aromatic carbocycles. The van der Waals surface area contributed by atoms with E-state index in [1.807, 2.05) is 6.07 Å². The number of carboxylic acid groups (broad SMARTS) is 1. The third kappa shape index (κ3) is 2.51. The fraction of sp³-hybridized carbons (Fsp3) is 0.533. The minimum absolute atomic E-state index is 0.558. The Morgan fingerprint density at radius 3 is 2.35 bits per heavy atom. The minimum Gasteiger partial charge on any atom is -0.493 e. The summed E-state index contributed by atoms with van der Waals surface area (Å²) < 4.78 is 11.3. The molecule has 1 fully saturated rings. The van der Waals surface area contributed by atoms with Crippen molar-refractivity contribution in [2.75, 3.05) is 14.2 Å². The number of halogens is 1. The quantitative estimate of drug-likeness (QED) is 0.905. The van der Waals surface area contributed by atoms with Gasteiger partial charge in [-0.15, -0.1) is 0 Å². The van der Waals surface area contributed by atoms with Crippen LogP contribution >= 0.6 is 15.9 Å². The van der Waals surface area contributed by atoms with Crippen LogP contribution in [0.4, 0.5) is 0 Å². The van der Waals surface area contributed by atoms with E-state index >= 15 is 0 Å². The van der Waals surface area contributed by atoms with Crippen molar-refractivity contribution in [3.8, 4) is 11.5 Å². The molecule has 5 heteroatoms. The fourth-order valence-corrected chi connectivity index (χ4v) is 3.58.